The fourth-order valence-electron chi connectivity index (χ4n) is 0.377. The summed E-state index contributed by atoms with van der Waals surface area (Å²) in [6, 6.07) is 0. The van der Waals surface area contributed by atoms with Crippen LogP contribution in [0, 0.1) is 0 Å². The number of alkyl halides is 1. The molecular weight excluding hydrogens is 233 g/mol. The van der Waals surface area contributed by atoms with Gasteiger partial charge in [-0.1, -0.05) is 35.9 Å². The zero-order valence-corrected chi connectivity index (χ0v) is 7.59. The van der Waals surface area contributed by atoms with Gasteiger partial charge in [0.25, 0.3) is 0 Å². The van der Waals surface area contributed by atoms with Crippen LogP contribution in [0.2, 0.25) is 0 Å². The molecule has 0 radical (unpaired) electrons. The second kappa shape index (κ2) is 6.28. The van der Waals surface area contributed by atoms with E-state index in [1.807, 2.05) is 29.5 Å². The molecule has 0 amide bonds. The van der Waals surface area contributed by atoms with Crippen LogP contribution in [-0.4, -0.2) is 15.0 Å². The summed E-state index contributed by atoms with van der Waals surface area (Å²) in [4.78, 5) is 10.1. The van der Waals surface area contributed by atoms with Crippen molar-refractivity contribution in [2.45, 2.75) is 23.7 Å². The Morgan fingerprint density at radius 3 is 2.33 bits per heavy atom. The van der Waals surface area contributed by atoms with Gasteiger partial charge in [0.2, 0.25) is 0 Å². The minimum atomic E-state index is -0.701. The van der Waals surface area contributed by atoms with E-state index >= 15 is 0 Å². The van der Waals surface area contributed by atoms with Gasteiger partial charge in [-0.2, -0.15) is 0 Å². The summed E-state index contributed by atoms with van der Waals surface area (Å²) in [5.74, 6) is -0.701. The maximum atomic E-state index is 10.1. The Hall–Kier alpha value is 0.160. The molecule has 0 saturated heterocycles. The van der Waals surface area contributed by atoms with Gasteiger partial charge in [-0.05, 0) is 6.42 Å². The number of hydrogen-bond donors (Lipinski definition) is 2. The average Bonchev–Trinajstić information content (AvgIpc) is 1.67. The SMILES string of the molecule is CCCC(I)C(=O)O.N. The lowest BCUT2D eigenvalue weighted by molar-refractivity contribution is -0.136. The van der Waals surface area contributed by atoms with Crippen molar-refractivity contribution in [1.29, 1.82) is 0 Å². The highest BCUT2D eigenvalue weighted by Crippen LogP contribution is 2.07. The van der Waals surface area contributed by atoms with Crippen LogP contribution in [0.1, 0.15) is 19.8 Å². The largest absolute Gasteiger partial charge is 0.480 e. The monoisotopic (exact) mass is 245 g/mol. The molecule has 4 heteroatoms. The molecular formula is C5H12INO2. The molecule has 0 aromatic heterocycles. The fourth-order valence-corrected chi connectivity index (χ4v) is 1.000. The van der Waals surface area contributed by atoms with Gasteiger partial charge in [-0.3, -0.25) is 4.79 Å². The molecule has 0 aromatic rings. The topological polar surface area (TPSA) is 72.3 Å². The molecule has 0 bridgehead atoms. The fraction of sp³-hybridized carbons (Fsp3) is 0.800. The van der Waals surface area contributed by atoms with Crippen molar-refractivity contribution in [2.24, 2.45) is 0 Å². The second-order valence-corrected chi connectivity index (χ2v) is 3.10. The Balaban J connectivity index is 0. The van der Waals surface area contributed by atoms with Gasteiger partial charge < -0.3 is 11.3 Å². The van der Waals surface area contributed by atoms with Crippen LogP contribution < -0.4 is 6.15 Å². The first-order chi connectivity index (χ1) is 3.68. The van der Waals surface area contributed by atoms with Gasteiger partial charge in [0.15, 0.2) is 0 Å². The van der Waals surface area contributed by atoms with Gasteiger partial charge in [0.05, 0.1) is 0 Å². The molecule has 4 N–H and O–H groups in total. The van der Waals surface area contributed by atoms with Crippen molar-refractivity contribution in [3.8, 4) is 0 Å². The number of carboxylic acid groups (broad SMARTS) is 1. The van der Waals surface area contributed by atoms with Crippen molar-refractivity contribution in [1.82, 2.24) is 6.15 Å². The molecule has 0 aliphatic carbocycles. The summed E-state index contributed by atoms with van der Waals surface area (Å²) in [6.07, 6.45) is 1.72. The Bertz CT molecular complexity index is 87.0. The van der Waals surface area contributed by atoms with E-state index in [2.05, 4.69) is 0 Å². The predicted molar refractivity (Wildman–Crippen MR) is 45.4 cm³/mol. The van der Waals surface area contributed by atoms with Gasteiger partial charge in [-0.25, -0.2) is 0 Å². The van der Waals surface area contributed by atoms with Crippen LogP contribution in [-0.2, 0) is 4.79 Å². The molecule has 0 spiro atoms. The van der Waals surface area contributed by atoms with Crippen molar-refractivity contribution < 1.29 is 9.90 Å². The summed E-state index contributed by atoms with van der Waals surface area (Å²) in [5.41, 5.74) is 0. The maximum absolute atomic E-state index is 10.1. The molecule has 1 atom stereocenters. The van der Waals surface area contributed by atoms with Crippen molar-refractivity contribution >= 4 is 28.6 Å². The van der Waals surface area contributed by atoms with E-state index in [1.54, 1.807) is 0 Å². The van der Waals surface area contributed by atoms with E-state index in [9.17, 15) is 4.79 Å². The minimum Gasteiger partial charge on any atom is -0.480 e. The smallest absolute Gasteiger partial charge is 0.316 e. The van der Waals surface area contributed by atoms with Crippen LogP contribution in [0.15, 0.2) is 0 Å². The first kappa shape index (κ1) is 11.9. The highest BCUT2D eigenvalue weighted by molar-refractivity contribution is 14.1. The van der Waals surface area contributed by atoms with E-state index in [1.165, 1.54) is 0 Å². The van der Waals surface area contributed by atoms with Gasteiger partial charge in [0.1, 0.15) is 3.92 Å². The highest BCUT2D eigenvalue weighted by atomic mass is 127. The molecule has 0 aromatic carbocycles. The van der Waals surface area contributed by atoms with E-state index in [0.717, 1.165) is 12.8 Å². The van der Waals surface area contributed by atoms with Gasteiger partial charge in [-0.15, -0.1) is 0 Å². The minimum absolute atomic E-state index is 0. The van der Waals surface area contributed by atoms with E-state index in [0.29, 0.717) is 0 Å². The summed E-state index contributed by atoms with van der Waals surface area (Å²) < 4.78 is -0.197. The number of aliphatic carboxylic acids is 1. The van der Waals surface area contributed by atoms with E-state index in [-0.39, 0.29) is 10.1 Å². The third-order valence-electron chi connectivity index (χ3n) is 0.810. The number of rotatable bonds is 3. The Morgan fingerprint density at radius 2 is 2.22 bits per heavy atom. The van der Waals surface area contributed by atoms with Gasteiger partial charge >= 0.3 is 5.97 Å². The molecule has 0 fully saturated rings. The number of carboxylic acids is 1. The molecule has 9 heavy (non-hydrogen) atoms. The number of halogens is 1. The molecule has 3 nitrogen and oxygen atoms in total. The second-order valence-electron chi connectivity index (χ2n) is 1.59. The molecule has 0 aliphatic rings. The lowest BCUT2D eigenvalue weighted by atomic mass is 10.3. The summed E-state index contributed by atoms with van der Waals surface area (Å²) in [5, 5.41) is 8.31. The average molecular weight is 245 g/mol. The first-order valence-electron chi connectivity index (χ1n) is 2.55. The molecule has 0 rings (SSSR count). The van der Waals surface area contributed by atoms with Crippen LogP contribution in [0.5, 0.6) is 0 Å². The van der Waals surface area contributed by atoms with Gasteiger partial charge in [0, 0.05) is 0 Å². The number of carbonyl (C=O) groups is 1. The summed E-state index contributed by atoms with van der Waals surface area (Å²) >= 11 is 1.93. The molecule has 1 unspecified atom stereocenters. The van der Waals surface area contributed by atoms with Crippen LogP contribution in [0.25, 0.3) is 0 Å². The predicted octanol–water partition coefficient (Wildman–Crippen LogP) is 1.84. The van der Waals surface area contributed by atoms with Crippen LogP contribution >= 0.6 is 22.6 Å². The quantitative estimate of drug-likeness (QED) is 0.588. The molecule has 0 aliphatic heterocycles. The maximum Gasteiger partial charge on any atom is 0.316 e. The van der Waals surface area contributed by atoms with Crippen molar-refractivity contribution in [2.75, 3.05) is 0 Å². The first-order valence-corrected chi connectivity index (χ1v) is 3.80. The summed E-state index contributed by atoms with van der Waals surface area (Å²) in [6.45, 7) is 1.98. The zero-order chi connectivity index (χ0) is 6.57. The van der Waals surface area contributed by atoms with E-state index < -0.39 is 5.97 Å². The standard InChI is InChI=1S/C5H9IO2.H3N/c1-2-3-4(6)5(7)8;/h4H,2-3H2,1H3,(H,7,8);1H3. The van der Waals surface area contributed by atoms with Crippen molar-refractivity contribution in [3.05, 3.63) is 0 Å². The third-order valence-corrected chi connectivity index (χ3v) is 1.97. The summed E-state index contributed by atoms with van der Waals surface area (Å²) in [7, 11) is 0. The normalized spacial score (nSPS) is 11.8. The lowest BCUT2D eigenvalue weighted by Crippen LogP contribution is -2.11. The highest BCUT2D eigenvalue weighted by Gasteiger charge is 2.09. The van der Waals surface area contributed by atoms with Crippen molar-refractivity contribution in [3.63, 3.8) is 0 Å². The van der Waals surface area contributed by atoms with Crippen LogP contribution in [0.4, 0.5) is 0 Å². The Labute approximate surface area is 68.6 Å². The Kier molecular flexibility index (Phi) is 8.31. The lowest BCUT2D eigenvalue weighted by Gasteiger charge is -1.98. The Morgan fingerprint density at radius 1 is 1.78 bits per heavy atom. The van der Waals surface area contributed by atoms with Crippen LogP contribution in [0.3, 0.4) is 0 Å². The zero-order valence-electron chi connectivity index (χ0n) is 5.43. The molecule has 56 valence electrons. The molecule has 0 heterocycles. The van der Waals surface area contributed by atoms with E-state index in [4.69, 9.17) is 5.11 Å². The number of hydrogen-bond acceptors (Lipinski definition) is 2. The molecule has 0 saturated carbocycles. The third kappa shape index (κ3) is 6.04.